The van der Waals surface area contributed by atoms with E-state index in [9.17, 15) is 14.4 Å². The van der Waals surface area contributed by atoms with E-state index in [1.54, 1.807) is 4.90 Å². The number of carbonyl (C=O) groups is 3. The predicted octanol–water partition coefficient (Wildman–Crippen LogP) is 0.920. The van der Waals surface area contributed by atoms with E-state index in [-0.39, 0.29) is 35.7 Å². The van der Waals surface area contributed by atoms with Crippen LogP contribution in [0.3, 0.4) is 0 Å². The first-order valence-electron chi connectivity index (χ1n) is 11.3. The highest BCUT2D eigenvalue weighted by molar-refractivity contribution is 6.05. The number of nitrogens with two attached hydrogens (primary N) is 1. The lowest BCUT2D eigenvalue weighted by Crippen LogP contribution is -2.59. The summed E-state index contributed by atoms with van der Waals surface area (Å²) in [6.45, 7) is 3.55. The SMILES string of the molecule is NC1CCC2(CCOCC2)N(Cc2cccc3c2CN(C2CCC(=O)NC2=O)C3=O)C1. The number of nitrogens with zero attached hydrogens (tertiary/aromatic N) is 2. The van der Waals surface area contributed by atoms with E-state index in [4.69, 9.17) is 10.5 Å². The number of piperidine rings is 2. The van der Waals surface area contributed by atoms with Gasteiger partial charge in [0.15, 0.2) is 0 Å². The molecule has 0 saturated carbocycles. The molecule has 0 aromatic heterocycles. The molecule has 166 valence electrons. The second kappa shape index (κ2) is 8.00. The Morgan fingerprint density at radius 2 is 1.94 bits per heavy atom. The Labute approximate surface area is 182 Å². The maximum absolute atomic E-state index is 13.1. The average Bonchev–Trinajstić information content (AvgIpc) is 3.09. The molecule has 4 heterocycles. The Hall–Kier alpha value is -2.29. The molecule has 1 aromatic rings. The highest BCUT2D eigenvalue weighted by atomic mass is 16.5. The fourth-order valence-electron chi connectivity index (χ4n) is 5.73. The summed E-state index contributed by atoms with van der Waals surface area (Å²) in [6, 6.07) is 5.44. The zero-order valence-electron chi connectivity index (χ0n) is 17.8. The van der Waals surface area contributed by atoms with Gasteiger partial charge in [0.25, 0.3) is 5.91 Å². The number of imide groups is 1. The Morgan fingerprint density at radius 3 is 2.71 bits per heavy atom. The summed E-state index contributed by atoms with van der Waals surface area (Å²) in [5, 5.41) is 2.37. The van der Waals surface area contributed by atoms with Gasteiger partial charge < -0.3 is 15.4 Å². The Balaban J connectivity index is 1.40. The molecule has 2 atom stereocenters. The first kappa shape index (κ1) is 20.6. The van der Waals surface area contributed by atoms with Gasteiger partial charge in [-0.2, -0.15) is 0 Å². The van der Waals surface area contributed by atoms with Crippen LogP contribution >= 0.6 is 0 Å². The number of ether oxygens (including phenoxy) is 1. The van der Waals surface area contributed by atoms with Gasteiger partial charge in [-0.1, -0.05) is 12.1 Å². The van der Waals surface area contributed by atoms with E-state index in [1.165, 1.54) is 0 Å². The number of hydrogen-bond donors (Lipinski definition) is 2. The third kappa shape index (κ3) is 3.66. The smallest absolute Gasteiger partial charge is 0.255 e. The molecule has 8 nitrogen and oxygen atoms in total. The molecular weight excluding hydrogens is 396 g/mol. The van der Waals surface area contributed by atoms with Crippen LogP contribution in [-0.2, 0) is 27.4 Å². The van der Waals surface area contributed by atoms with E-state index < -0.39 is 6.04 Å². The van der Waals surface area contributed by atoms with Crippen LogP contribution in [0.1, 0.15) is 60.0 Å². The third-order valence-corrected chi connectivity index (χ3v) is 7.57. The number of benzene rings is 1. The largest absolute Gasteiger partial charge is 0.381 e. The van der Waals surface area contributed by atoms with Crippen molar-refractivity contribution in [2.45, 2.75) is 69.2 Å². The summed E-state index contributed by atoms with van der Waals surface area (Å²) in [4.78, 5) is 41.2. The molecule has 4 aliphatic rings. The van der Waals surface area contributed by atoms with Crippen molar-refractivity contribution in [2.24, 2.45) is 5.73 Å². The van der Waals surface area contributed by atoms with Crippen LogP contribution in [0.4, 0.5) is 0 Å². The molecular formula is C23H30N4O4. The fourth-order valence-corrected chi connectivity index (χ4v) is 5.73. The van der Waals surface area contributed by atoms with Crippen LogP contribution in [-0.4, -0.2) is 64.9 Å². The summed E-state index contributed by atoms with van der Waals surface area (Å²) < 4.78 is 5.64. The van der Waals surface area contributed by atoms with Crippen molar-refractivity contribution in [3.8, 4) is 0 Å². The second-order valence-corrected chi connectivity index (χ2v) is 9.36. The van der Waals surface area contributed by atoms with Crippen LogP contribution in [0, 0.1) is 0 Å². The molecule has 8 heteroatoms. The summed E-state index contributed by atoms with van der Waals surface area (Å²) in [5.41, 5.74) is 9.25. The lowest BCUT2D eigenvalue weighted by Gasteiger charge is -2.51. The maximum Gasteiger partial charge on any atom is 0.255 e. The number of amides is 3. The van der Waals surface area contributed by atoms with E-state index in [0.29, 0.717) is 18.5 Å². The Bertz CT molecular complexity index is 911. The predicted molar refractivity (Wildman–Crippen MR) is 113 cm³/mol. The van der Waals surface area contributed by atoms with Crippen LogP contribution in [0.25, 0.3) is 0 Å². The summed E-state index contributed by atoms with van der Waals surface area (Å²) in [5.74, 6) is -0.765. The van der Waals surface area contributed by atoms with Crippen LogP contribution in [0.2, 0.25) is 0 Å². The lowest BCUT2D eigenvalue weighted by atomic mass is 9.78. The number of likely N-dealkylation sites (tertiary alicyclic amines) is 1. The quantitative estimate of drug-likeness (QED) is 0.697. The molecule has 1 spiro atoms. The molecule has 3 fully saturated rings. The number of nitrogens with one attached hydrogen (secondary N) is 1. The van der Waals surface area contributed by atoms with Crippen LogP contribution in [0.15, 0.2) is 18.2 Å². The van der Waals surface area contributed by atoms with Crippen molar-refractivity contribution < 1.29 is 19.1 Å². The summed E-state index contributed by atoms with van der Waals surface area (Å²) in [6.07, 6.45) is 4.77. The third-order valence-electron chi connectivity index (χ3n) is 7.57. The molecule has 2 unspecified atom stereocenters. The van der Waals surface area contributed by atoms with Crippen molar-refractivity contribution in [3.63, 3.8) is 0 Å². The van der Waals surface area contributed by atoms with Gasteiger partial charge >= 0.3 is 0 Å². The molecule has 1 aromatic carbocycles. The van der Waals surface area contributed by atoms with Gasteiger partial charge in [0.05, 0.1) is 0 Å². The topological polar surface area (TPSA) is 105 Å². The minimum atomic E-state index is -0.587. The molecule has 3 amide bonds. The second-order valence-electron chi connectivity index (χ2n) is 9.36. The molecule has 0 aliphatic carbocycles. The normalized spacial score (nSPS) is 28.7. The fraction of sp³-hybridized carbons (Fsp3) is 0.609. The van der Waals surface area contributed by atoms with Gasteiger partial charge in [0.1, 0.15) is 6.04 Å². The molecule has 31 heavy (non-hydrogen) atoms. The van der Waals surface area contributed by atoms with Gasteiger partial charge in [-0.3, -0.25) is 24.6 Å². The van der Waals surface area contributed by atoms with Gasteiger partial charge in [0, 0.05) is 56.4 Å². The molecule has 0 radical (unpaired) electrons. The van der Waals surface area contributed by atoms with Crippen molar-refractivity contribution in [2.75, 3.05) is 19.8 Å². The van der Waals surface area contributed by atoms with Gasteiger partial charge in [0.2, 0.25) is 11.8 Å². The van der Waals surface area contributed by atoms with Crippen molar-refractivity contribution in [1.29, 1.82) is 0 Å². The summed E-state index contributed by atoms with van der Waals surface area (Å²) in [7, 11) is 0. The van der Waals surface area contributed by atoms with Gasteiger partial charge in [-0.15, -0.1) is 0 Å². The minimum absolute atomic E-state index is 0.114. The Morgan fingerprint density at radius 1 is 1.13 bits per heavy atom. The average molecular weight is 427 g/mol. The zero-order chi connectivity index (χ0) is 21.6. The maximum atomic E-state index is 13.1. The summed E-state index contributed by atoms with van der Waals surface area (Å²) >= 11 is 0. The van der Waals surface area contributed by atoms with Crippen molar-refractivity contribution in [1.82, 2.24) is 15.1 Å². The van der Waals surface area contributed by atoms with E-state index in [0.717, 1.165) is 63.1 Å². The first-order valence-corrected chi connectivity index (χ1v) is 11.3. The lowest BCUT2D eigenvalue weighted by molar-refractivity contribution is -0.136. The van der Waals surface area contributed by atoms with E-state index in [1.807, 2.05) is 12.1 Å². The standard InChI is InChI=1S/C23H30N4O4/c24-16-6-7-23(8-10-31-11-9-23)26(13-16)12-15-2-1-3-17-18(15)14-27(22(17)30)19-4-5-20(28)25-21(19)29/h1-3,16,19H,4-14,24H2,(H,25,28,29). The number of carbonyl (C=O) groups excluding carboxylic acids is 3. The molecule has 0 bridgehead atoms. The first-order chi connectivity index (χ1) is 15.0. The van der Waals surface area contributed by atoms with Crippen LogP contribution in [0.5, 0.6) is 0 Å². The molecule has 5 rings (SSSR count). The van der Waals surface area contributed by atoms with Gasteiger partial charge in [-0.25, -0.2) is 0 Å². The van der Waals surface area contributed by atoms with Gasteiger partial charge in [-0.05, 0) is 49.3 Å². The number of fused-ring (bicyclic) bond motifs is 1. The monoisotopic (exact) mass is 426 g/mol. The van der Waals surface area contributed by atoms with Crippen LogP contribution < -0.4 is 11.1 Å². The highest BCUT2D eigenvalue weighted by Gasteiger charge is 2.43. The van der Waals surface area contributed by atoms with Crippen molar-refractivity contribution in [3.05, 3.63) is 34.9 Å². The Kier molecular flexibility index (Phi) is 5.32. The van der Waals surface area contributed by atoms with E-state index in [2.05, 4.69) is 16.3 Å². The number of hydrogen-bond acceptors (Lipinski definition) is 6. The van der Waals surface area contributed by atoms with Crippen molar-refractivity contribution >= 4 is 17.7 Å². The molecule has 3 saturated heterocycles. The van der Waals surface area contributed by atoms with E-state index >= 15 is 0 Å². The number of rotatable bonds is 3. The molecule has 3 N–H and O–H groups in total. The highest BCUT2D eigenvalue weighted by Crippen LogP contribution is 2.39. The zero-order valence-corrected chi connectivity index (χ0v) is 17.8. The molecule has 4 aliphatic heterocycles. The minimum Gasteiger partial charge on any atom is -0.381 e.